The smallest absolute Gasteiger partial charge is 0.327 e. The average molecular weight is 506 g/mol. The number of fused-ring (bicyclic) bond motifs is 4. The molecule has 3 amide bonds. The predicted molar refractivity (Wildman–Crippen MR) is 137 cm³/mol. The van der Waals surface area contributed by atoms with E-state index in [1.165, 1.54) is 17.0 Å². The molecule has 7 nitrogen and oxygen atoms in total. The van der Waals surface area contributed by atoms with Crippen LogP contribution in [0.25, 0.3) is 10.9 Å². The van der Waals surface area contributed by atoms with E-state index in [0.29, 0.717) is 6.54 Å². The second kappa shape index (κ2) is 8.71. The molecule has 194 valence electrons. The molecule has 0 spiro atoms. The monoisotopic (exact) mass is 505 g/mol. The molecule has 1 atom stereocenters. The van der Waals surface area contributed by atoms with Gasteiger partial charge in [0.15, 0.2) is 0 Å². The van der Waals surface area contributed by atoms with Gasteiger partial charge in [-0.3, -0.25) is 14.5 Å². The van der Waals surface area contributed by atoms with Crippen molar-refractivity contribution in [3.8, 4) is 0 Å². The minimum atomic E-state index is -0.672. The van der Waals surface area contributed by atoms with E-state index in [2.05, 4.69) is 4.57 Å². The largest absolute Gasteiger partial charge is 0.460 e. The number of esters is 1. The molecular weight excluding hydrogens is 473 g/mol. The van der Waals surface area contributed by atoms with Gasteiger partial charge < -0.3 is 14.2 Å². The van der Waals surface area contributed by atoms with Crippen molar-refractivity contribution in [1.29, 1.82) is 0 Å². The zero-order valence-corrected chi connectivity index (χ0v) is 21.9. The number of rotatable bonds is 5. The summed E-state index contributed by atoms with van der Waals surface area (Å²) in [6, 6.07) is 13.4. The number of aromatic nitrogens is 1. The summed E-state index contributed by atoms with van der Waals surface area (Å²) in [4.78, 5) is 42.2. The van der Waals surface area contributed by atoms with E-state index >= 15 is 0 Å². The highest BCUT2D eigenvalue weighted by molar-refractivity contribution is 6.06. The standard InChI is InChI=1S/C29H32FN3O4/c1-28(2,3)37-23(34)14-15-31-26(35)25-29(4,5)24-20-8-6-7-9-21(20)32(22(24)17-33(25)27(31)36)16-18-10-12-19(30)13-11-18/h6-13,25H,14-17H2,1-5H3. The Hall–Kier alpha value is -3.68. The summed E-state index contributed by atoms with van der Waals surface area (Å²) in [5.41, 5.74) is 2.64. The third kappa shape index (κ3) is 4.28. The van der Waals surface area contributed by atoms with Crippen LogP contribution >= 0.6 is 0 Å². The van der Waals surface area contributed by atoms with E-state index in [-0.39, 0.29) is 31.2 Å². The highest BCUT2D eigenvalue weighted by atomic mass is 19.1. The van der Waals surface area contributed by atoms with Crippen LogP contribution in [0.4, 0.5) is 9.18 Å². The van der Waals surface area contributed by atoms with E-state index in [0.717, 1.165) is 27.7 Å². The molecule has 2 aliphatic rings. The van der Waals surface area contributed by atoms with Crippen molar-refractivity contribution in [3.05, 3.63) is 71.2 Å². The molecule has 0 N–H and O–H groups in total. The van der Waals surface area contributed by atoms with Crippen molar-refractivity contribution >= 4 is 28.8 Å². The maximum Gasteiger partial charge on any atom is 0.327 e. The van der Waals surface area contributed by atoms with Gasteiger partial charge in [-0.2, -0.15) is 0 Å². The topological polar surface area (TPSA) is 71.8 Å². The molecule has 1 unspecified atom stereocenters. The van der Waals surface area contributed by atoms with Gasteiger partial charge in [0, 0.05) is 35.1 Å². The normalized spacial score (nSPS) is 18.8. The van der Waals surface area contributed by atoms with Crippen LogP contribution in [0, 0.1) is 5.82 Å². The first-order valence-corrected chi connectivity index (χ1v) is 12.6. The van der Waals surface area contributed by atoms with Crippen LogP contribution in [0.3, 0.4) is 0 Å². The van der Waals surface area contributed by atoms with Crippen molar-refractivity contribution in [2.45, 2.75) is 71.2 Å². The SMILES string of the molecule is CC(C)(C)OC(=O)CCN1C(=O)C2N(Cc3c(c4ccccc4n3Cc3ccc(F)cc3)C2(C)C)C1=O. The van der Waals surface area contributed by atoms with Crippen LogP contribution in [-0.2, 0) is 32.8 Å². The highest BCUT2D eigenvalue weighted by Crippen LogP contribution is 2.47. The van der Waals surface area contributed by atoms with Crippen molar-refractivity contribution in [3.63, 3.8) is 0 Å². The van der Waals surface area contributed by atoms with Crippen molar-refractivity contribution in [2.24, 2.45) is 0 Å². The van der Waals surface area contributed by atoms with Crippen LogP contribution in [0.1, 0.15) is 57.9 Å². The van der Waals surface area contributed by atoms with Gasteiger partial charge in [0.1, 0.15) is 17.5 Å². The van der Waals surface area contributed by atoms with Crippen molar-refractivity contribution in [2.75, 3.05) is 6.54 Å². The molecule has 37 heavy (non-hydrogen) atoms. The fourth-order valence-corrected chi connectivity index (χ4v) is 5.79. The van der Waals surface area contributed by atoms with Gasteiger partial charge in [-0.25, -0.2) is 9.18 Å². The van der Waals surface area contributed by atoms with E-state index in [9.17, 15) is 18.8 Å². The molecule has 3 heterocycles. The Morgan fingerprint density at radius 1 is 1.08 bits per heavy atom. The molecular formula is C29H32FN3O4. The lowest BCUT2D eigenvalue weighted by molar-refractivity contribution is -0.155. The highest BCUT2D eigenvalue weighted by Gasteiger charge is 2.56. The third-order valence-electron chi connectivity index (χ3n) is 7.23. The molecule has 5 rings (SSSR count). The number of nitrogens with zero attached hydrogens (tertiary/aromatic N) is 3. The molecule has 2 aromatic carbocycles. The lowest BCUT2D eigenvalue weighted by Gasteiger charge is -2.41. The Morgan fingerprint density at radius 3 is 2.43 bits per heavy atom. The lowest BCUT2D eigenvalue weighted by atomic mass is 9.73. The van der Waals surface area contributed by atoms with Gasteiger partial charge in [-0.15, -0.1) is 0 Å². The van der Waals surface area contributed by atoms with Gasteiger partial charge in [0.2, 0.25) is 0 Å². The van der Waals surface area contributed by atoms with Gasteiger partial charge >= 0.3 is 12.0 Å². The molecule has 3 aromatic rings. The summed E-state index contributed by atoms with van der Waals surface area (Å²) in [5, 5.41) is 1.04. The minimum Gasteiger partial charge on any atom is -0.460 e. The zero-order chi connectivity index (χ0) is 26.7. The Labute approximate surface area is 215 Å². The lowest BCUT2D eigenvalue weighted by Crippen LogP contribution is -2.52. The number of halogens is 1. The number of imide groups is 1. The molecule has 0 bridgehead atoms. The number of amides is 3. The molecule has 0 saturated carbocycles. The second-order valence-corrected chi connectivity index (χ2v) is 11.4. The Bertz CT molecular complexity index is 1400. The Kier molecular flexibility index (Phi) is 5.89. The summed E-state index contributed by atoms with van der Waals surface area (Å²) in [7, 11) is 0. The van der Waals surface area contributed by atoms with Crippen LogP contribution in [0.15, 0.2) is 48.5 Å². The number of carbonyl (C=O) groups is 3. The summed E-state index contributed by atoms with van der Waals surface area (Å²) >= 11 is 0. The number of carbonyl (C=O) groups excluding carboxylic acids is 3. The van der Waals surface area contributed by atoms with Gasteiger partial charge in [0.05, 0.1) is 13.0 Å². The van der Waals surface area contributed by atoms with Crippen LogP contribution < -0.4 is 0 Å². The fraction of sp³-hybridized carbons (Fsp3) is 0.414. The first-order chi connectivity index (χ1) is 17.4. The summed E-state index contributed by atoms with van der Waals surface area (Å²) < 4.78 is 21.1. The maximum atomic E-state index is 13.6. The van der Waals surface area contributed by atoms with Crippen molar-refractivity contribution in [1.82, 2.24) is 14.4 Å². The number of hydrogen-bond acceptors (Lipinski definition) is 4. The second-order valence-electron chi connectivity index (χ2n) is 11.4. The first-order valence-electron chi connectivity index (χ1n) is 12.6. The number of urea groups is 1. The minimum absolute atomic E-state index is 0.0177. The maximum absolute atomic E-state index is 13.6. The first kappa shape index (κ1) is 25.0. The number of para-hydroxylation sites is 1. The molecule has 1 aromatic heterocycles. The van der Waals surface area contributed by atoms with Gasteiger partial charge in [-0.1, -0.05) is 44.2 Å². The van der Waals surface area contributed by atoms with Crippen LogP contribution in [0.5, 0.6) is 0 Å². The number of hydrogen-bond donors (Lipinski definition) is 0. The van der Waals surface area contributed by atoms with Crippen molar-refractivity contribution < 1.29 is 23.5 Å². The quantitative estimate of drug-likeness (QED) is 0.362. The predicted octanol–water partition coefficient (Wildman–Crippen LogP) is 4.98. The zero-order valence-electron chi connectivity index (χ0n) is 21.9. The molecule has 0 aliphatic carbocycles. The molecule has 1 fully saturated rings. The fourth-order valence-electron chi connectivity index (χ4n) is 5.79. The number of ether oxygens (including phenoxy) is 1. The molecule has 8 heteroatoms. The van der Waals surface area contributed by atoms with Gasteiger partial charge in [-0.05, 0) is 50.1 Å². The van der Waals surface area contributed by atoms with E-state index in [1.807, 2.05) is 38.1 Å². The van der Waals surface area contributed by atoms with E-state index < -0.39 is 29.1 Å². The third-order valence-corrected chi connectivity index (χ3v) is 7.23. The average Bonchev–Trinajstić information content (AvgIpc) is 3.25. The summed E-state index contributed by atoms with van der Waals surface area (Å²) in [6.07, 6.45) is -0.0532. The van der Waals surface area contributed by atoms with E-state index in [1.54, 1.807) is 37.8 Å². The Balaban J connectivity index is 1.51. The van der Waals surface area contributed by atoms with Gasteiger partial charge in [0.25, 0.3) is 5.91 Å². The molecule has 2 aliphatic heterocycles. The van der Waals surface area contributed by atoms with E-state index in [4.69, 9.17) is 4.74 Å². The Morgan fingerprint density at radius 2 is 1.76 bits per heavy atom. The summed E-state index contributed by atoms with van der Waals surface area (Å²) in [5.74, 6) is -1.03. The number of benzene rings is 2. The molecule has 0 radical (unpaired) electrons. The van der Waals surface area contributed by atoms with Crippen LogP contribution in [0.2, 0.25) is 0 Å². The van der Waals surface area contributed by atoms with Crippen LogP contribution in [-0.4, -0.2) is 50.5 Å². The summed E-state index contributed by atoms with van der Waals surface area (Å²) in [6.45, 7) is 10.1. The molecule has 1 saturated heterocycles.